The molecule has 0 saturated carbocycles. The highest BCUT2D eigenvalue weighted by Crippen LogP contribution is 2.23. The van der Waals surface area contributed by atoms with Gasteiger partial charge in [-0.15, -0.1) is 0 Å². The van der Waals surface area contributed by atoms with Crippen molar-refractivity contribution in [2.24, 2.45) is 7.05 Å². The van der Waals surface area contributed by atoms with Gasteiger partial charge in [-0.05, 0) is 38.0 Å². The lowest BCUT2D eigenvalue weighted by molar-refractivity contribution is 0.0598. The van der Waals surface area contributed by atoms with E-state index in [1.54, 1.807) is 0 Å². The highest BCUT2D eigenvalue weighted by atomic mass is 32.1. The molecule has 0 aromatic carbocycles. The third-order valence-corrected chi connectivity index (χ3v) is 3.40. The summed E-state index contributed by atoms with van der Waals surface area (Å²) in [4.78, 5) is 11.7. The molecule has 1 heterocycles. The predicted molar refractivity (Wildman–Crippen MR) is 68.4 cm³/mol. The molecule has 4 heteroatoms. The van der Waals surface area contributed by atoms with E-state index in [4.69, 9.17) is 4.74 Å². The lowest BCUT2D eigenvalue weighted by Crippen LogP contribution is -2.06. The van der Waals surface area contributed by atoms with Gasteiger partial charge in [-0.2, -0.15) is 12.6 Å². The van der Waals surface area contributed by atoms with E-state index in [2.05, 4.69) is 12.6 Å². The van der Waals surface area contributed by atoms with Crippen LogP contribution >= 0.6 is 12.6 Å². The molecule has 0 atom stereocenters. The van der Waals surface area contributed by atoms with Gasteiger partial charge in [0.05, 0.1) is 12.7 Å². The van der Waals surface area contributed by atoms with Gasteiger partial charge >= 0.3 is 5.97 Å². The summed E-state index contributed by atoms with van der Waals surface area (Å²) in [6, 6.07) is 0. The summed E-state index contributed by atoms with van der Waals surface area (Å²) in [6.07, 6.45) is 1.85. The average molecular weight is 241 g/mol. The smallest absolute Gasteiger partial charge is 0.339 e. The number of methoxy groups -OCH3 is 1. The number of hydrogen-bond donors (Lipinski definition) is 1. The Hall–Kier alpha value is -0.900. The van der Waals surface area contributed by atoms with Gasteiger partial charge in [0.25, 0.3) is 0 Å². The van der Waals surface area contributed by atoms with Gasteiger partial charge in [0, 0.05) is 18.4 Å². The normalized spacial score (nSPS) is 10.6. The summed E-state index contributed by atoms with van der Waals surface area (Å²) in [5.74, 6) is 0.587. The monoisotopic (exact) mass is 241 g/mol. The second-order valence-corrected chi connectivity index (χ2v) is 4.35. The lowest BCUT2D eigenvalue weighted by atomic mass is 10.0. The minimum absolute atomic E-state index is 0.240. The fourth-order valence-electron chi connectivity index (χ4n) is 1.96. The van der Waals surface area contributed by atoms with Gasteiger partial charge in [-0.1, -0.05) is 0 Å². The van der Waals surface area contributed by atoms with E-state index < -0.39 is 0 Å². The van der Waals surface area contributed by atoms with Crippen LogP contribution in [0, 0.1) is 13.8 Å². The molecule has 90 valence electrons. The molecule has 0 spiro atoms. The van der Waals surface area contributed by atoms with Crippen LogP contribution in [0.25, 0.3) is 0 Å². The molecule has 1 aromatic rings. The predicted octanol–water partition coefficient (Wildman–Crippen LogP) is 2.29. The van der Waals surface area contributed by atoms with E-state index in [1.165, 1.54) is 7.11 Å². The molecule has 3 nitrogen and oxygen atoms in total. The van der Waals surface area contributed by atoms with Gasteiger partial charge in [-0.3, -0.25) is 0 Å². The van der Waals surface area contributed by atoms with Crippen molar-refractivity contribution in [2.45, 2.75) is 26.7 Å². The maximum absolute atomic E-state index is 11.7. The van der Waals surface area contributed by atoms with E-state index in [0.29, 0.717) is 0 Å². The molecule has 0 aliphatic carbocycles. The Bertz CT molecular complexity index is 396. The van der Waals surface area contributed by atoms with E-state index in [9.17, 15) is 4.79 Å². The summed E-state index contributed by atoms with van der Waals surface area (Å²) in [5.41, 5.74) is 3.93. The van der Waals surface area contributed by atoms with E-state index in [-0.39, 0.29) is 5.97 Å². The van der Waals surface area contributed by atoms with Crippen molar-refractivity contribution in [3.63, 3.8) is 0 Å². The van der Waals surface area contributed by atoms with Gasteiger partial charge in [-0.25, -0.2) is 4.79 Å². The second-order valence-electron chi connectivity index (χ2n) is 3.90. The fourth-order valence-corrected chi connectivity index (χ4v) is 2.11. The first-order chi connectivity index (χ1) is 7.54. The molecule has 0 aliphatic rings. The Kier molecular flexibility index (Phi) is 4.47. The summed E-state index contributed by atoms with van der Waals surface area (Å²) >= 11 is 4.20. The van der Waals surface area contributed by atoms with Crippen LogP contribution < -0.4 is 0 Å². The maximum atomic E-state index is 11.7. The Balaban J connectivity index is 3.22. The van der Waals surface area contributed by atoms with Crippen LogP contribution in [0.15, 0.2) is 0 Å². The van der Waals surface area contributed by atoms with Crippen LogP contribution in [0.1, 0.15) is 33.7 Å². The van der Waals surface area contributed by atoms with Crippen LogP contribution in [-0.2, 0) is 18.2 Å². The molecule has 0 radical (unpaired) electrons. The Morgan fingerprint density at radius 3 is 2.50 bits per heavy atom. The molecule has 1 rings (SSSR count). The van der Waals surface area contributed by atoms with Gasteiger partial charge in [0.15, 0.2) is 0 Å². The van der Waals surface area contributed by atoms with E-state index in [0.717, 1.165) is 41.1 Å². The summed E-state index contributed by atoms with van der Waals surface area (Å²) in [6.45, 7) is 3.98. The van der Waals surface area contributed by atoms with Crippen LogP contribution in [-0.4, -0.2) is 23.4 Å². The first-order valence-corrected chi connectivity index (χ1v) is 6.01. The number of aromatic nitrogens is 1. The van der Waals surface area contributed by atoms with E-state index >= 15 is 0 Å². The third kappa shape index (κ3) is 2.26. The number of carbonyl (C=O) groups is 1. The zero-order chi connectivity index (χ0) is 12.3. The molecule has 0 aliphatic heterocycles. The summed E-state index contributed by atoms with van der Waals surface area (Å²) in [7, 11) is 3.40. The minimum atomic E-state index is -0.240. The topological polar surface area (TPSA) is 31.2 Å². The highest BCUT2D eigenvalue weighted by Gasteiger charge is 2.21. The second kappa shape index (κ2) is 5.43. The number of nitrogens with zero attached hydrogens (tertiary/aromatic N) is 1. The first-order valence-electron chi connectivity index (χ1n) is 5.38. The molecule has 0 amide bonds. The molecule has 16 heavy (non-hydrogen) atoms. The maximum Gasteiger partial charge on any atom is 0.339 e. The zero-order valence-electron chi connectivity index (χ0n) is 10.3. The molecular weight excluding hydrogens is 222 g/mol. The zero-order valence-corrected chi connectivity index (χ0v) is 11.2. The molecule has 0 saturated heterocycles. The Morgan fingerprint density at radius 1 is 1.38 bits per heavy atom. The van der Waals surface area contributed by atoms with Crippen molar-refractivity contribution in [3.8, 4) is 0 Å². The van der Waals surface area contributed by atoms with Crippen molar-refractivity contribution in [1.82, 2.24) is 4.57 Å². The molecule has 0 N–H and O–H groups in total. The number of esters is 1. The molecule has 1 aromatic heterocycles. The van der Waals surface area contributed by atoms with Crippen LogP contribution in [0.4, 0.5) is 0 Å². The summed E-state index contributed by atoms with van der Waals surface area (Å²) < 4.78 is 6.88. The van der Waals surface area contributed by atoms with Gasteiger partial charge < -0.3 is 9.30 Å². The quantitative estimate of drug-likeness (QED) is 0.648. The number of carbonyl (C=O) groups excluding carboxylic acids is 1. The van der Waals surface area contributed by atoms with Crippen molar-refractivity contribution in [1.29, 1.82) is 0 Å². The first kappa shape index (κ1) is 13.2. The van der Waals surface area contributed by atoms with E-state index in [1.807, 2.05) is 25.5 Å². The van der Waals surface area contributed by atoms with Gasteiger partial charge in [0.1, 0.15) is 0 Å². The van der Waals surface area contributed by atoms with Crippen LogP contribution in [0.5, 0.6) is 0 Å². The van der Waals surface area contributed by atoms with Crippen molar-refractivity contribution < 1.29 is 9.53 Å². The van der Waals surface area contributed by atoms with Gasteiger partial charge in [0.2, 0.25) is 0 Å². The van der Waals surface area contributed by atoms with Crippen molar-refractivity contribution >= 4 is 18.6 Å². The van der Waals surface area contributed by atoms with Crippen molar-refractivity contribution in [3.05, 3.63) is 22.5 Å². The number of ether oxygens (including phenoxy) is 1. The number of hydrogen-bond acceptors (Lipinski definition) is 3. The minimum Gasteiger partial charge on any atom is -0.465 e. The van der Waals surface area contributed by atoms with Crippen molar-refractivity contribution in [2.75, 3.05) is 12.9 Å². The number of thiol groups is 1. The largest absolute Gasteiger partial charge is 0.465 e. The third-order valence-electron chi connectivity index (χ3n) is 3.08. The molecule has 0 fully saturated rings. The van der Waals surface area contributed by atoms with Crippen LogP contribution in [0.3, 0.4) is 0 Å². The SMILES string of the molecule is COC(=O)c1c(CCCS)c(C)n(C)c1C. The average Bonchev–Trinajstić information content (AvgIpc) is 2.50. The summed E-state index contributed by atoms with van der Waals surface area (Å²) in [5, 5.41) is 0. The Labute approximate surface area is 102 Å². The Morgan fingerprint density at radius 2 is 2.00 bits per heavy atom. The standard InChI is InChI=1S/C12H19NO2S/c1-8-10(6-5-7-16)11(12(14)15-4)9(2)13(8)3/h16H,5-7H2,1-4H3. The fraction of sp³-hybridized carbons (Fsp3) is 0.583. The number of rotatable bonds is 4. The molecule has 0 bridgehead atoms. The lowest BCUT2D eigenvalue weighted by Gasteiger charge is -2.03. The molecular formula is C12H19NO2S. The molecule has 0 unspecified atom stereocenters. The highest BCUT2D eigenvalue weighted by molar-refractivity contribution is 7.80. The van der Waals surface area contributed by atoms with Crippen LogP contribution in [0.2, 0.25) is 0 Å².